The number of carbonyl (C=O) groups is 1. The zero-order valence-electron chi connectivity index (χ0n) is 10.9. The van der Waals surface area contributed by atoms with Gasteiger partial charge in [-0.15, -0.1) is 5.10 Å². The first-order valence-corrected chi connectivity index (χ1v) is 5.97. The summed E-state index contributed by atoms with van der Waals surface area (Å²) in [6.45, 7) is 6.37. The molecular weight excluding hydrogens is 226 g/mol. The molecule has 18 heavy (non-hydrogen) atoms. The van der Waals surface area contributed by atoms with Crippen LogP contribution in [0.5, 0.6) is 0 Å². The molecule has 0 saturated heterocycles. The van der Waals surface area contributed by atoms with Crippen LogP contribution in [0.15, 0.2) is 36.5 Å². The predicted octanol–water partition coefficient (Wildman–Crippen LogP) is 2.56. The monoisotopic (exact) mass is 243 g/mol. The molecule has 0 spiro atoms. The van der Waals surface area contributed by atoms with Gasteiger partial charge in [0.1, 0.15) is 0 Å². The van der Waals surface area contributed by atoms with Crippen LogP contribution in [0.4, 0.5) is 0 Å². The Kier molecular flexibility index (Phi) is 3.28. The molecule has 0 aliphatic carbocycles. The summed E-state index contributed by atoms with van der Waals surface area (Å²) >= 11 is 0. The standard InChI is InChI=1S/C14H17N3O/c1-14(2,3)9-12-10-15-16-17(12)13(18)11-7-5-4-6-8-11/h4-8,10H,9H2,1-3H3. The summed E-state index contributed by atoms with van der Waals surface area (Å²) in [7, 11) is 0. The number of hydrogen-bond donors (Lipinski definition) is 0. The van der Waals surface area contributed by atoms with Crippen LogP contribution >= 0.6 is 0 Å². The van der Waals surface area contributed by atoms with Crippen LogP contribution < -0.4 is 0 Å². The third-order valence-corrected chi connectivity index (χ3v) is 2.54. The topological polar surface area (TPSA) is 47.8 Å². The zero-order chi connectivity index (χ0) is 13.2. The Morgan fingerprint density at radius 2 is 1.89 bits per heavy atom. The van der Waals surface area contributed by atoms with E-state index in [1.807, 2.05) is 18.2 Å². The highest BCUT2D eigenvalue weighted by Crippen LogP contribution is 2.20. The number of rotatable bonds is 2. The molecule has 1 heterocycles. The van der Waals surface area contributed by atoms with Gasteiger partial charge < -0.3 is 0 Å². The normalized spacial score (nSPS) is 11.5. The first kappa shape index (κ1) is 12.5. The highest BCUT2D eigenvalue weighted by atomic mass is 16.2. The van der Waals surface area contributed by atoms with Gasteiger partial charge >= 0.3 is 0 Å². The van der Waals surface area contributed by atoms with Crippen molar-refractivity contribution in [3.05, 3.63) is 47.8 Å². The Labute approximate surface area is 107 Å². The zero-order valence-corrected chi connectivity index (χ0v) is 10.9. The molecular formula is C14H17N3O. The van der Waals surface area contributed by atoms with Gasteiger partial charge in [0.05, 0.1) is 11.9 Å². The smallest absolute Gasteiger partial charge is 0.267 e. The third-order valence-electron chi connectivity index (χ3n) is 2.54. The number of hydrogen-bond acceptors (Lipinski definition) is 3. The first-order valence-electron chi connectivity index (χ1n) is 5.97. The maximum Gasteiger partial charge on any atom is 0.279 e. The second-order valence-electron chi connectivity index (χ2n) is 5.55. The molecule has 2 rings (SSSR count). The Balaban J connectivity index is 2.30. The van der Waals surface area contributed by atoms with Gasteiger partial charge in [-0.1, -0.05) is 44.2 Å². The Morgan fingerprint density at radius 3 is 2.50 bits per heavy atom. The lowest BCUT2D eigenvalue weighted by Crippen LogP contribution is -2.20. The van der Waals surface area contributed by atoms with Crippen LogP contribution in [0.3, 0.4) is 0 Å². The third kappa shape index (κ3) is 2.83. The fraction of sp³-hybridized carbons (Fsp3) is 0.357. The molecule has 0 fully saturated rings. The van der Waals surface area contributed by atoms with E-state index in [-0.39, 0.29) is 11.3 Å². The lowest BCUT2D eigenvalue weighted by molar-refractivity contribution is 0.0938. The fourth-order valence-corrected chi connectivity index (χ4v) is 1.79. The molecule has 0 amide bonds. The molecule has 0 radical (unpaired) electrons. The minimum atomic E-state index is -0.132. The molecule has 0 bridgehead atoms. The van der Waals surface area contributed by atoms with Crippen LogP contribution in [0.25, 0.3) is 0 Å². The van der Waals surface area contributed by atoms with E-state index in [9.17, 15) is 4.79 Å². The minimum absolute atomic E-state index is 0.0937. The van der Waals surface area contributed by atoms with Crippen molar-refractivity contribution in [3.8, 4) is 0 Å². The number of nitrogens with zero attached hydrogens (tertiary/aromatic N) is 3. The number of carbonyl (C=O) groups excluding carboxylic acids is 1. The summed E-state index contributed by atoms with van der Waals surface area (Å²) in [6, 6.07) is 9.13. The summed E-state index contributed by atoms with van der Waals surface area (Å²) in [6.07, 6.45) is 2.42. The van der Waals surface area contributed by atoms with Crippen LogP contribution in [-0.4, -0.2) is 20.9 Å². The van der Waals surface area contributed by atoms with Crippen molar-refractivity contribution in [2.75, 3.05) is 0 Å². The van der Waals surface area contributed by atoms with E-state index in [0.717, 1.165) is 12.1 Å². The first-order chi connectivity index (χ1) is 8.47. The fourth-order valence-electron chi connectivity index (χ4n) is 1.79. The van der Waals surface area contributed by atoms with Crippen LogP contribution in [0, 0.1) is 5.41 Å². The summed E-state index contributed by atoms with van der Waals surface area (Å²) in [5.41, 5.74) is 1.56. The number of aromatic nitrogens is 3. The second kappa shape index (κ2) is 4.72. The van der Waals surface area contributed by atoms with Gasteiger partial charge in [0.15, 0.2) is 0 Å². The van der Waals surface area contributed by atoms with E-state index in [4.69, 9.17) is 0 Å². The molecule has 4 heteroatoms. The van der Waals surface area contributed by atoms with Crippen molar-refractivity contribution in [3.63, 3.8) is 0 Å². The quantitative estimate of drug-likeness (QED) is 0.814. The molecule has 0 unspecified atom stereocenters. The molecule has 0 N–H and O–H groups in total. The van der Waals surface area contributed by atoms with E-state index in [2.05, 4.69) is 31.1 Å². The van der Waals surface area contributed by atoms with Gasteiger partial charge in [0, 0.05) is 5.56 Å². The molecule has 94 valence electrons. The minimum Gasteiger partial charge on any atom is -0.267 e. The maximum absolute atomic E-state index is 12.3. The van der Waals surface area contributed by atoms with Crippen LogP contribution in [0.1, 0.15) is 36.8 Å². The van der Waals surface area contributed by atoms with Crippen molar-refractivity contribution < 1.29 is 4.79 Å². The lowest BCUT2D eigenvalue weighted by Gasteiger charge is -2.17. The van der Waals surface area contributed by atoms with Crippen molar-refractivity contribution in [1.82, 2.24) is 15.0 Å². The van der Waals surface area contributed by atoms with E-state index in [0.29, 0.717) is 5.56 Å². The van der Waals surface area contributed by atoms with Gasteiger partial charge in [0.25, 0.3) is 5.91 Å². The van der Waals surface area contributed by atoms with Crippen molar-refractivity contribution >= 4 is 5.91 Å². The summed E-state index contributed by atoms with van der Waals surface area (Å²) in [5, 5.41) is 7.74. The van der Waals surface area contributed by atoms with E-state index < -0.39 is 0 Å². The van der Waals surface area contributed by atoms with E-state index >= 15 is 0 Å². The summed E-state index contributed by atoms with van der Waals surface area (Å²) in [4.78, 5) is 12.3. The maximum atomic E-state index is 12.3. The Hall–Kier alpha value is -1.97. The average Bonchev–Trinajstić information content (AvgIpc) is 2.75. The molecule has 2 aromatic rings. The molecule has 0 atom stereocenters. The molecule has 0 saturated carbocycles. The average molecular weight is 243 g/mol. The number of benzene rings is 1. The Bertz CT molecular complexity index is 538. The summed E-state index contributed by atoms with van der Waals surface area (Å²) < 4.78 is 1.39. The summed E-state index contributed by atoms with van der Waals surface area (Å²) in [5.74, 6) is -0.132. The van der Waals surface area contributed by atoms with Gasteiger partial charge in [-0.2, -0.15) is 4.68 Å². The van der Waals surface area contributed by atoms with Gasteiger partial charge in [-0.05, 0) is 24.0 Å². The lowest BCUT2D eigenvalue weighted by atomic mass is 9.91. The highest BCUT2D eigenvalue weighted by molar-refractivity contribution is 5.95. The Morgan fingerprint density at radius 1 is 1.22 bits per heavy atom. The largest absolute Gasteiger partial charge is 0.279 e. The molecule has 1 aromatic heterocycles. The van der Waals surface area contributed by atoms with Crippen molar-refractivity contribution in [1.29, 1.82) is 0 Å². The van der Waals surface area contributed by atoms with Gasteiger partial charge in [-0.25, -0.2) is 0 Å². The van der Waals surface area contributed by atoms with Crippen LogP contribution in [0.2, 0.25) is 0 Å². The van der Waals surface area contributed by atoms with Gasteiger partial charge in [0.2, 0.25) is 0 Å². The van der Waals surface area contributed by atoms with Crippen molar-refractivity contribution in [2.45, 2.75) is 27.2 Å². The molecule has 1 aromatic carbocycles. The van der Waals surface area contributed by atoms with Crippen LogP contribution in [-0.2, 0) is 6.42 Å². The highest BCUT2D eigenvalue weighted by Gasteiger charge is 2.19. The molecule has 0 aliphatic rings. The SMILES string of the molecule is CC(C)(C)Cc1cnnn1C(=O)c1ccccc1. The molecule has 0 aliphatic heterocycles. The van der Waals surface area contributed by atoms with E-state index in [1.165, 1.54) is 4.68 Å². The molecule has 4 nitrogen and oxygen atoms in total. The second-order valence-corrected chi connectivity index (χ2v) is 5.55. The predicted molar refractivity (Wildman–Crippen MR) is 69.4 cm³/mol. The van der Waals surface area contributed by atoms with Gasteiger partial charge in [-0.3, -0.25) is 4.79 Å². The van der Waals surface area contributed by atoms with Crippen molar-refractivity contribution in [2.24, 2.45) is 5.41 Å². The van der Waals surface area contributed by atoms with E-state index in [1.54, 1.807) is 18.3 Å².